The van der Waals surface area contributed by atoms with E-state index in [0.29, 0.717) is 6.54 Å². The molecule has 2 N–H and O–H groups in total. The molecular formula is C18H25N3O2S. The number of nitrogens with one attached hydrogen (secondary N) is 2. The van der Waals surface area contributed by atoms with Gasteiger partial charge in [0.25, 0.3) is 0 Å². The average molecular weight is 347 g/mol. The largest absolute Gasteiger partial charge is 0.444 e. The lowest BCUT2D eigenvalue weighted by molar-refractivity contribution is 0.0523. The number of anilines is 1. The number of amides is 1. The van der Waals surface area contributed by atoms with E-state index in [9.17, 15) is 4.79 Å². The van der Waals surface area contributed by atoms with E-state index in [1.165, 1.54) is 4.88 Å². The van der Waals surface area contributed by atoms with Crippen molar-refractivity contribution < 1.29 is 9.53 Å². The maximum Gasteiger partial charge on any atom is 0.407 e. The van der Waals surface area contributed by atoms with Crippen molar-refractivity contribution in [2.45, 2.75) is 52.8 Å². The number of carbonyl (C=O) groups is 1. The number of benzene rings is 1. The van der Waals surface area contributed by atoms with Gasteiger partial charge < -0.3 is 15.4 Å². The van der Waals surface area contributed by atoms with Gasteiger partial charge >= 0.3 is 6.09 Å². The Balaban J connectivity index is 1.94. The van der Waals surface area contributed by atoms with Crippen LogP contribution in [0.15, 0.2) is 29.8 Å². The number of hydrogen-bond donors (Lipinski definition) is 2. The van der Waals surface area contributed by atoms with Gasteiger partial charge in [-0.15, -0.1) is 11.3 Å². The zero-order valence-corrected chi connectivity index (χ0v) is 15.7. The monoisotopic (exact) mass is 347 g/mol. The second kappa shape index (κ2) is 7.66. The molecule has 0 radical (unpaired) electrons. The van der Waals surface area contributed by atoms with E-state index in [1.54, 1.807) is 11.3 Å². The Morgan fingerprint density at radius 2 is 2.12 bits per heavy atom. The Hall–Kier alpha value is -2.08. The minimum atomic E-state index is -0.491. The fourth-order valence-electron chi connectivity index (χ4n) is 2.30. The Morgan fingerprint density at radius 3 is 2.75 bits per heavy atom. The van der Waals surface area contributed by atoms with Gasteiger partial charge in [0, 0.05) is 17.1 Å². The minimum Gasteiger partial charge on any atom is -0.444 e. The number of hydrogen-bond acceptors (Lipinski definition) is 5. The number of thiazole rings is 1. The van der Waals surface area contributed by atoms with Crippen molar-refractivity contribution in [2.24, 2.45) is 0 Å². The maximum absolute atomic E-state index is 11.7. The van der Waals surface area contributed by atoms with E-state index < -0.39 is 11.7 Å². The fourth-order valence-corrected chi connectivity index (χ4v) is 3.11. The number of nitrogens with zero attached hydrogens (tertiary/aromatic N) is 1. The molecule has 0 aliphatic rings. The van der Waals surface area contributed by atoms with Crippen LogP contribution < -0.4 is 10.6 Å². The smallest absolute Gasteiger partial charge is 0.407 e. The Kier molecular flexibility index (Phi) is 5.83. The SMILES string of the molecule is Cc1ncsc1C(C)Nc1cccc(CNC(=O)OC(C)(C)C)c1. The van der Waals surface area contributed by atoms with Crippen molar-refractivity contribution in [1.29, 1.82) is 0 Å². The molecule has 130 valence electrons. The molecule has 0 aliphatic heterocycles. The molecule has 0 spiro atoms. The topological polar surface area (TPSA) is 63.2 Å². The zero-order chi connectivity index (χ0) is 17.7. The van der Waals surface area contributed by atoms with Crippen molar-refractivity contribution in [2.75, 3.05) is 5.32 Å². The van der Waals surface area contributed by atoms with Gasteiger partial charge in [0.15, 0.2) is 0 Å². The fraction of sp³-hybridized carbons (Fsp3) is 0.444. The summed E-state index contributed by atoms with van der Waals surface area (Å²) >= 11 is 1.65. The van der Waals surface area contributed by atoms with Gasteiger partial charge in [-0.2, -0.15) is 0 Å². The molecule has 1 unspecified atom stereocenters. The van der Waals surface area contributed by atoms with Crippen LogP contribution in [0.2, 0.25) is 0 Å². The zero-order valence-electron chi connectivity index (χ0n) is 14.8. The summed E-state index contributed by atoms with van der Waals surface area (Å²) in [6.45, 7) is 10.1. The highest BCUT2D eigenvalue weighted by Crippen LogP contribution is 2.25. The number of carbonyl (C=O) groups excluding carboxylic acids is 1. The summed E-state index contributed by atoms with van der Waals surface area (Å²) in [6, 6.07) is 8.19. The summed E-state index contributed by atoms with van der Waals surface area (Å²) in [5.41, 5.74) is 4.46. The van der Waals surface area contributed by atoms with Crippen LogP contribution in [-0.4, -0.2) is 16.7 Å². The van der Waals surface area contributed by atoms with Crippen LogP contribution in [0, 0.1) is 6.92 Å². The van der Waals surface area contributed by atoms with E-state index in [2.05, 4.69) is 22.5 Å². The maximum atomic E-state index is 11.7. The van der Waals surface area contributed by atoms with Crippen molar-refractivity contribution in [1.82, 2.24) is 10.3 Å². The highest BCUT2D eigenvalue weighted by atomic mass is 32.1. The third-order valence-corrected chi connectivity index (χ3v) is 4.44. The molecule has 0 bridgehead atoms. The highest BCUT2D eigenvalue weighted by Gasteiger charge is 2.16. The quantitative estimate of drug-likeness (QED) is 0.826. The standard InChI is InChI=1S/C18H25N3O2S/c1-12-16(24-11-20-12)13(2)21-15-8-6-7-14(9-15)10-19-17(22)23-18(3,4)5/h6-9,11,13,21H,10H2,1-5H3,(H,19,22). The lowest BCUT2D eigenvalue weighted by Crippen LogP contribution is -2.32. The van der Waals surface area contributed by atoms with E-state index in [1.807, 2.05) is 57.5 Å². The molecule has 1 aromatic heterocycles. The average Bonchev–Trinajstić information content (AvgIpc) is 2.90. The molecule has 6 heteroatoms. The third kappa shape index (κ3) is 5.53. The van der Waals surface area contributed by atoms with Gasteiger partial charge in [0.1, 0.15) is 5.60 Å². The second-order valence-electron chi connectivity index (χ2n) is 6.72. The van der Waals surface area contributed by atoms with Crippen LogP contribution in [0.5, 0.6) is 0 Å². The molecule has 1 atom stereocenters. The molecule has 2 aromatic rings. The molecule has 0 saturated carbocycles. The molecular weight excluding hydrogens is 322 g/mol. The van der Waals surface area contributed by atoms with Crippen LogP contribution in [0.3, 0.4) is 0 Å². The number of rotatable bonds is 5. The first-order chi connectivity index (χ1) is 11.2. The van der Waals surface area contributed by atoms with Gasteiger partial charge in [0.2, 0.25) is 0 Å². The second-order valence-corrected chi connectivity index (χ2v) is 7.61. The highest BCUT2D eigenvalue weighted by molar-refractivity contribution is 7.09. The van der Waals surface area contributed by atoms with Gasteiger partial charge in [-0.25, -0.2) is 9.78 Å². The number of ether oxygens (including phenoxy) is 1. The Bertz CT molecular complexity index is 692. The summed E-state index contributed by atoms with van der Waals surface area (Å²) in [5, 5.41) is 6.25. The number of aromatic nitrogens is 1. The lowest BCUT2D eigenvalue weighted by Gasteiger charge is -2.20. The van der Waals surface area contributed by atoms with E-state index in [4.69, 9.17) is 4.74 Å². The van der Waals surface area contributed by atoms with Crippen molar-refractivity contribution in [3.05, 3.63) is 45.9 Å². The molecule has 1 amide bonds. The first-order valence-corrected chi connectivity index (χ1v) is 8.85. The van der Waals surface area contributed by atoms with Crippen molar-refractivity contribution in [3.8, 4) is 0 Å². The summed E-state index contributed by atoms with van der Waals surface area (Å²) < 4.78 is 5.25. The van der Waals surface area contributed by atoms with Crippen LogP contribution in [0.25, 0.3) is 0 Å². The first kappa shape index (κ1) is 18.3. The van der Waals surface area contributed by atoms with Gasteiger partial charge in [-0.3, -0.25) is 0 Å². The first-order valence-electron chi connectivity index (χ1n) is 7.97. The molecule has 1 aromatic carbocycles. The van der Waals surface area contributed by atoms with Crippen LogP contribution in [-0.2, 0) is 11.3 Å². The van der Waals surface area contributed by atoms with Gasteiger partial charge in [-0.05, 0) is 52.3 Å². The molecule has 2 rings (SSSR count). The van der Waals surface area contributed by atoms with Crippen LogP contribution >= 0.6 is 11.3 Å². The molecule has 0 aliphatic carbocycles. The number of aryl methyl sites for hydroxylation is 1. The van der Waals surface area contributed by atoms with Crippen LogP contribution in [0.4, 0.5) is 10.5 Å². The molecule has 0 fully saturated rings. The molecule has 24 heavy (non-hydrogen) atoms. The van der Waals surface area contributed by atoms with Crippen LogP contribution in [0.1, 0.15) is 49.9 Å². The van der Waals surface area contributed by atoms with Gasteiger partial charge in [0.05, 0.1) is 17.2 Å². The normalized spacial score (nSPS) is 12.5. The van der Waals surface area contributed by atoms with Gasteiger partial charge in [-0.1, -0.05) is 12.1 Å². The Morgan fingerprint density at radius 1 is 1.38 bits per heavy atom. The van der Waals surface area contributed by atoms with E-state index in [-0.39, 0.29) is 6.04 Å². The predicted molar refractivity (Wildman–Crippen MR) is 98.4 cm³/mol. The minimum absolute atomic E-state index is 0.187. The van der Waals surface area contributed by atoms with E-state index in [0.717, 1.165) is 16.9 Å². The Labute approximate surface area is 147 Å². The summed E-state index contributed by atoms with van der Waals surface area (Å²) in [6.07, 6.45) is -0.408. The lowest BCUT2D eigenvalue weighted by atomic mass is 10.1. The van der Waals surface area contributed by atoms with E-state index >= 15 is 0 Å². The number of alkyl carbamates (subject to hydrolysis) is 1. The molecule has 5 nitrogen and oxygen atoms in total. The summed E-state index contributed by atoms with van der Waals surface area (Å²) in [4.78, 5) is 17.3. The van der Waals surface area contributed by atoms with Crippen molar-refractivity contribution in [3.63, 3.8) is 0 Å². The summed E-state index contributed by atoms with van der Waals surface area (Å²) in [7, 11) is 0. The predicted octanol–water partition coefficient (Wildman–Crippen LogP) is 4.65. The summed E-state index contributed by atoms with van der Waals surface area (Å²) in [5.74, 6) is 0. The third-order valence-electron chi connectivity index (χ3n) is 3.32. The molecule has 1 heterocycles. The van der Waals surface area contributed by atoms with Crippen molar-refractivity contribution >= 4 is 23.1 Å². The molecule has 0 saturated heterocycles.